The lowest BCUT2D eigenvalue weighted by atomic mass is 10.2. The Kier molecular flexibility index (Phi) is 4.80. The Morgan fingerprint density at radius 2 is 2.30 bits per heavy atom. The smallest absolute Gasteiger partial charge is 0.270 e. The maximum absolute atomic E-state index is 12.3. The van der Waals surface area contributed by atoms with Crippen LogP contribution in [0.5, 0.6) is 0 Å². The molecule has 5 nitrogen and oxygen atoms in total. The van der Waals surface area contributed by atoms with Gasteiger partial charge in [0.05, 0.1) is 12.7 Å². The molecule has 0 aliphatic heterocycles. The molecule has 0 spiro atoms. The summed E-state index contributed by atoms with van der Waals surface area (Å²) >= 11 is 3.46. The number of carbonyl (C=O) groups is 1. The topological polar surface area (TPSA) is 65.6 Å². The molecule has 2 aromatic rings. The molecule has 0 saturated heterocycles. The fourth-order valence-electron chi connectivity index (χ4n) is 2.08. The number of benzene rings is 1. The molecule has 0 bridgehead atoms. The molecule has 0 aliphatic rings. The highest BCUT2D eigenvalue weighted by Crippen LogP contribution is 2.24. The van der Waals surface area contributed by atoms with Crippen molar-refractivity contribution in [3.8, 4) is 0 Å². The van der Waals surface area contributed by atoms with Gasteiger partial charge in [0.1, 0.15) is 5.69 Å². The van der Waals surface area contributed by atoms with Crippen molar-refractivity contribution in [3.05, 3.63) is 34.4 Å². The van der Waals surface area contributed by atoms with Crippen LogP contribution < -0.4 is 0 Å². The van der Waals surface area contributed by atoms with E-state index in [2.05, 4.69) is 20.9 Å². The second-order valence-corrected chi connectivity index (χ2v) is 5.53. The zero-order chi connectivity index (χ0) is 14.7. The Hall–Kier alpha value is -1.37. The highest BCUT2D eigenvalue weighted by molar-refractivity contribution is 9.10. The monoisotopic (exact) mass is 340 g/mol. The van der Waals surface area contributed by atoms with Gasteiger partial charge in [0.2, 0.25) is 0 Å². The molecule has 1 amide bonds. The average molecular weight is 341 g/mol. The number of carbonyl (C=O) groups excluding carboxylic acids is 1. The summed E-state index contributed by atoms with van der Waals surface area (Å²) < 4.78 is 5.79. The van der Waals surface area contributed by atoms with Gasteiger partial charge in [-0.25, -0.2) is 0 Å². The minimum absolute atomic E-state index is 0.164. The Bertz CT molecular complexity index is 611. The first-order valence-electron chi connectivity index (χ1n) is 6.22. The van der Waals surface area contributed by atoms with Crippen LogP contribution in [0.3, 0.4) is 0 Å². The van der Waals surface area contributed by atoms with Crippen LogP contribution in [-0.2, 0) is 4.74 Å². The average Bonchev–Trinajstić information content (AvgIpc) is 2.83. The number of aromatic nitrogens is 1. The summed E-state index contributed by atoms with van der Waals surface area (Å²) in [4.78, 5) is 16.9. The van der Waals surface area contributed by atoms with Crippen molar-refractivity contribution in [2.45, 2.75) is 6.10 Å². The molecule has 2 rings (SSSR count). The number of nitrogens with zero attached hydrogens (tertiary/aromatic N) is 1. The van der Waals surface area contributed by atoms with Crippen LogP contribution in [0.25, 0.3) is 10.9 Å². The number of ether oxygens (including phenoxy) is 1. The van der Waals surface area contributed by atoms with Gasteiger partial charge in [-0.05, 0) is 18.2 Å². The summed E-state index contributed by atoms with van der Waals surface area (Å²) in [5.41, 5.74) is 1.40. The third-order valence-corrected chi connectivity index (χ3v) is 3.72. The van der Waals surface area contributed by atoms with Crippen molar-refractivity contribution in [1.82, 2.24) is 9.88 Å². The number of amides is 1. The molecule has 2 N–H and O–H groups in total. The van der Waals surface area contributed by atoms with E-state index < -0.39 is 6.10 Å². The number of hydrogen-bond donors (Lipinski definition) is 2. The maximum Gasteiger partial charge on any atom is 0.270 e. The van der Waals surface area contributed by atoms with Gasteiger partial charge in [-0.15, -0.1) is 0 Å². The van der Waals surface area contributed by atoms with Crippen LogP contribution in [0.15, 0.2) is 28.7 Å². The van der Waals surface area contributed by atoms with Gasteiger partial charge in [-0.3, -0.25) is 4.79 Å². The standard InChI is InChI=1S/C14H17BrN2O3/c1-17(7-9(18)8-20-2)14(19)13-6-10-11(15)4-3-5-12(10)16-13/h3-6,9,16,18H,7-8H2,1-2H3. The molecule has 1 aromatic heterocycles. The first kappa shape index (κ1) is 15.0. The molecule has 1 heterocycles. The molecule has 1 atom stereocenters. The van der Waals surface area contributed by atoms with Crippen LogP contribution in [0, 0.1) is 0 Å². The number of fused-ring (bicyclic) bond motifs is 1. The number of aliphatic hydroxyl groups excluding tert-OH is 1. The van der Waals surface area contributed by atoms with E-state index in [0.717, 1.165) is 15.4 Å². The van der Waals surface area contributed by atoms with E-state index in [9.17, 15) is 9.90 Å². The van der Waals surface area contributed by atoms with Gasteiger partial charge >= 0.3 is 0 Å². The van der Waals surface area contributed by atoms with Crippen LogP contribution in [-0.4, -0.2) is 54.3 Å². The predicted molar refractivity (Wildman–Crippen MR) is 80.8 cm³/mol. The van der Waals surface area contributed by atoms with Gasteiger partial charge in [0.15, 0.2) is 0 Å². The van der Waals surface area contributed by atoms with Gasteiger partial charge < -0.3 is 19.7 Å². The third-order valence-electron chi connectivity index (χ3n) is 3.03. The predicted octanol–water partition coefficient (Wildman–Crippen LogP) is 2.01. The molecule has 0 saturated carbocycles. The third kappa shape index (κ3) is 3.20. The summed E-state index contributed by atoms with van der Waals surface area (Å²) in [5.74, 6) is -0.164. The summed E-state index contributed by atoms with van der Waals surface area (Å²) in [6, 6.07) is 7.55. The molecular weight excluding hydrogens is 324 g/mol. The first-order valence-corrected chi connectivity index (χ1v) is 7.02. The molecule has 1 unspecified atom stereocenters. The molecular formula is C14H17BrN2O3. The second kappa shape index (κ2) is 6.39. The first-order chi connectivity index (χ1) is 9.52. The van der Waals surface area contributed by atoms with E-state index in [4.69, 9.17) is 4.74 Å². The van der Waals surface area contributed by atoms with Gasteiger partial charge in [0.25, 0.3) is 5.91 Å². The van der Waals surface area contributed by atoms with Crippen LogP contribution >= 0.6 is 15.9 Å². The van der Waals surface area contributed by atoms with Gasteiger partial charge in [-0.2, -0.15) is 0 Å². The van der Waals surface area contributed by atoms with E-state index in [0.29, 0.717) is 5.69 Å². The minimum Gasteiger partial charge on any atom is -0.389 e. The van der Waals surface area contributed by atoms with E-state index >= 15 is 0 Å². The Morgan fingerprint density at radius 3 is 2.95 bits per heavy atom. The quantitative estimate of drug-likeness (QED) is 0.874. The number of likely N-dealkylation sites (N-methyl/N-ethyl adjacent to an activating group) is 1. The van der Waals surface area contributed by atoms with E-state index in [1.165, 1.54) is 12.0 Å². The number of hydrogen-bond acceptors (Lipinski definition) is 3. The number of halogens is 1. The van der Waals surface area contributed by atoms with Gasteiger partial charge in [-0.1, -0.05) is 22.0 Å². The summed E-state index contributed by atoms with van der Waals surface area (Å²) in [6.07, 6.45) is -0.690. The lowest BCUT2D eigenvalue weighted by molar-refractivity contribution is 0.0378. The zero-order valence-electron chi connectivity index (χ0n) is 11.4. The highest BCUT2D eigenvalue weighted by atomic mass is 79.9. The summed E-state index contributed by atoms with van der Waals surface area (Å²) in [6.45, 7) is 0.430. The summed E-state index contributed by atoms with van der Waals surface area (Å²) in [7, 11) is 3.17. The normalized spacial score (nSPS) is 12.6. The highest BCUT2D eigenvalue weighted by Gasteiger charge is 2.17. The largest absolute Gasteiger partial charge is 0.389 e. The van der Waals surface area contributed by atoms with Crippen molar-refractivity contribution >= 4 is 32.7 Å². The van der Waals surface area contributed by atoms with E-state index in [1.54, 1.807) is 13.1 Å². The number of methoxy groups -OCH3 is 1. The molecule has 0 radical (unpaired) electrons. The van der Waals surface area contributed by atoms with E-state index in [-0.39, 0.29) is 19.1 Å². The van der Waals surface area contributed by atoms with Crippen molar-refractivity contribution < 1.29 is 14.6 Å². The van der Waals surface area contributed by atoms with Crippen LogP contribution in [0.2, 0.25) is 0 Å². The van der Waals surface area contributed by atoms with Crippen molar-refractivity contribution in [1.29, 1.82) is 0 Å². The SMILES string of the molecule is COCC(O)CN(C)C(=O)c1cc2c(Br)cccc2[nH]1. The van der Waals surface area contributed by atoms with Crippen molar-refractivity contribution in [2.75, 3.05) is 27.3 Å². The molecule has 0 fully saturated rings. The lowest BCUT2D eigenvalue weighted by Crippen LogP contribution is -2.36. The number of aromatic amines is 1. The molecule has 1 aromatic carbocycles. The molecule has 108 valence electrons. The number of H-pyrrole nitrogens is 1. The summed E-state index contributed by atoms with van der Waals surface area (Å²) in [5, 5.41) is 10.6. The second-order valence-electron chi connectivity index (χ2n) is 4.68. The number of nitrogens with one attached hydrogen (secondary N) is 1. The van der Waals surface area contributed by atoms with Gasteiger partial charge in [0, 0.05) is 36.1 Å². The molecule has 20 heavy (non-hydrogen) atoms. The molecule has 0 aliphatic carbocycles. The Balaban J connectivity index is 2.16. The Morgan fingerprint density at radius 1 is 1.55 bits per heavy atom. The minimum atomic E-state index is -0.690. The Labute approximate surface area is 125 Å². The lowest BCUT2D eigenvalue weighted by Gasteiger charge is -2.19. The van der Waals surface area contributed by atoms with Crippen molar-refractivity contribution in [2.24, 2.45) is 0 Å². The zero-order valence-corrected chi connectivity index (χ0v) is 13.0. The maximum atomic E-state index is 12.3. The van der Waals surface area contributed by atoms with Crippen molar-refractivity contribution in [3.63, 3.8) is 0 Å². The van der Waals surface area contributed by atoms with E-state index in [1.807, 2.05) is 18.2 Å². The van der Waals surface area contributed by atoms with Crippen LogP contribution in [0.1, 0.15) is 10.5 Å². The van der Waals surface area contributed by atoms with Crippen LogP contribution in [0.4, 0.5) is 0 Å². The fraction of sp³-hybridized carbons (Fsp3) is 0.357. The fourth-order valence-corrected chi connectivity index (χ4v) is 2.56. The number of rotatable bonds is 5. The molecule has 6 heteroatoms. The number of aliphatic hydroxyl groups is 1.